The minimum atomic E-state index is -1.26. The molecule has 1 saturated heterocycles. The van der Waals surface area contributed by atoms with Gasteiger partial charge in [0.2, 0.25) is 0 Å². The Hall–Kier alpha value is -3.09. The van der Waals surface area contributed by atoms with E-state index in [9.17, 15) is 14.4 Å². The van der Waals surface area contributed by atoms with E-state index < -0.39 is 24.5 Å². The lowest BCUT2D eigenvalue weighted by molar-refractivity contribution is -0.140. The molecule has 0 aliphatic carbocycles. The number of carbonyl (C=O) groups is 3. The monoisotopic (exact) mass is 302 g/mol. The largest absolute Gasteiger partial charge is 0.490 e. The van der Waals surface area contributed by atoms with Crippen molar-refractivity contribution in [3.05, 3.63) is 48.2 Å². The fourth-order valence-electron chi connectivity index (χ4n) is 1.83. The lowest BCUT2D eigenvalue weighted by Crippen LogP contribution is -2.35. The summed E-state index contributed by atoms with van der Waals surface area (Å²) in [6.07, 6.45) is 3.10. The first-order valence-corrected chi connectivity index (χ1v) is 6.41. The standard InChI is InChI=1S/C15H14N2O5/c1-2-7-22-11-5-3-10(4-6-11)8-12-14(20)17(9-13(18)19)15(21)16-12/h2-6,8H,1,7,9H2,(H,16,21)(H,18,19). The molecule has 2 rings (SSSR count). The van der Waals surface area contributed by atoms with Crippen molar-refractivity contribution in [1.82, 2.24) is 10.2 Å². The maximum Gasteiger partial charge on any atom is 0.329 e. The molecule has 0 spiro atoms. The summed E-state index contributed by atoms with van der Waals surface area (Å²) in [5.74, 6) is -1.27. The number of hydrogen-bond acceptors (Lipinski definition) is 4. The maximum atomic E-state index is 11.9. The highest BCUT2D eigenvalue weighted by atomic mass is 16.5. The predicted octanol–water partition coefficient (Wildman–Crippen LogP) is 1.23. The molecule has 7 nitrogen and oxygen atoms in total. The maximum absolute atomic E-state index is 11.9. The molecule has 0 bridgehead atoms. The quantitative estimate of drug-likeness (QED) is 0.468. The number of aliphatic carboxylic acids is 1. The summed E-state index contributed by atoms with van der Waals surface area (Å²) in [6.45, 7) is 3.26. The van der Waals surface area contributed by atoms with Gasteiger partial charge in [0.15, 0.2) is 0 Å². The summed E-state index contributed by atoms with van der Waals surface area (Å²) in [7, 11) is 0. The van der Waals surface area contributed by atoms with E-state index in [4.69, 9.17) is 9.84 Å². The van der Waals surface area contributed by atoms with Crippen molar-refractivity contribution in [3.63, 3.8) is 0 Å². The lowest BCUT2D eigenvalue weighted by atomic mass is 10.2. The van der Waals surface area contributed by atoms with Gasteiger partial charge < -0.3 is 15.2 Å². The predicted molar refractivity (Wildman–Crippen MR) is 78.0 cm³/mol. The minimum Gasteiger partial charge on any atom is -0.490 e. The number of amides is 3. The van der Waals surface area contributed by atoms with Crippen molar-refractivity contribution in [2.75, 3.05) is 13.2 Å². The topological polar surface area (TPSA) is 95.9 Å². The van der Waals surface area contributed by atoms with Gasteiger partial charge in [-0.15, -0.1) is 0 Å². The average Bonchev–Trinajstić information content (AvgIpc) is 2.74. The Bertz CT molecular complexity index is 648. The smallest absolute Gasteiger partial charge is 0.329 e. The Morgan fingerprint density at radius 3 is 2.59 bits per heavy atom. The number of carboxylic acid groups (broad SMARTS) is 1. The van der Waals surface area contributed by atoms with E-state index >= 15 is 0 Å². The van der Waals surface area contributed by atoms with Gasteiger partial charge in [0.05, 0.1) is 0 Å². The summed E-state index contributed by atoms with van der Waals surface area (Å²) < 4.78 is 5.33. The van der Waals surface area contributed by atoms with Gasteiger partial charge in [-0.25, -0.2) is 9.69 Å². The summed E-state index contributed by atoms with van der Waals surface area (Å²) in [5, 5.41) is 11.0. The van der Waals surface area contributed by atoms with E-state index in [1.54, 1.807) is 30.3 Å². The molecule has 22 heavy (non-hydrogen) atoms. The zero-order valence-electron chi connectivity index (χ0n) is 11.6. The first kappa shape index (κ1) is 15.3. The fraction of sp³-hybridized carbons (Fsp3) is 0.133. The number of benzene rings is 1. The Balaban J connectivity index is 2.12. The summed E-state index contributed by atoms with van der Waals surface area (Å²) in [6, 6.07) is 6.11. The van der Waals surface area contributed by atoms with E-state index in [2.05, 4.69) is 11.9 Å². The second-order valence-electron chi connectivity index (χ2n) is 4.44. The highest BCUT2D eigenvalue weighted by molar-refractivity contribution is 6.15. The number of imide groups is 1. The fourth-order valence-corrected chi connectivity index (χ4v) is 1.83. The number of nitrogens with zero attached hydrogens (tertiary/aromatic N) is 1. The molecular formula is C15H14N2O5. The molecule has 0 aromatic heterocycles. The van der Waals surface area contributed by atoms with Crippen LogP contribution in [-0.2, 0) is 9.59 Å². The third kappa shape index (κ3) is 3.51. The van der Waals surface area contributed by atoms with Gasteiger partial charge in [-0.3, -0.25) is 9.59 Å². The summed E-state index contributed by atoms with van der Waals surface area (Å²) >= 11 is 0. The molecule has 0 radical (unpaired) electrons. The lowest BCUT2D eigenvalue weighted by Gasteiger charge is -2.06. The molecule has 1 fully saturated rings. The van der Waals surface area contributed by atoms with Crippen LogP contribution in [0.2, 0.25) is 0 Å². The third-order valence-corrected chi connectivity index (χ3v) is 2.81. The van der Waals surface area contributed by atoms with Crippen LogP contribution < -0.4 is 10.1 Å². The number of rotatable bonds is 6. The number of carbonyl (C=O) groups excluding carboxylic acids is 2. The van der Waals surface area contributed by atoms with E-state index in [1.807, 2.05) is 0 Å². The molecule has 1 aromatic rings. The molecule has 0 saturated carbocycles. The second kappa shape index (κ2) is 6.57. The minimum absolute atomic E-state index is 0.0333. The van der Waals surface area contributed by atoms with Crippen molar-refractivity contribution in [2.24, 2.45) is 0 Å². The van der Waals surface area contributed by atoms with Crippen LogP contribution in [0.4, 0.5) is 4.79 Å². The van der Waals surface area contributed by atoms with Gasteiger partial charge in [0, 0.05) is 0 Å². The highest BCUT2D eigenvalue weighted by Crippen LogP contribution is 2.17. The first-order chi connectivity index (χ1) is 10.5. The van der Waals surface area contributed by atoms with Gasteiger partial charge in [-0.2, -0.15) is 0 Å². The Morgan fingerprint density at radius 2 is 2.00 bits per heavy atom. The number of urea groups is 1. The van der Waals surface area contributed by atoms with Crippen molar-refractivity contribution in [1.29, 1.82) is 0 Å². The van der Waals surface area contributed by atoms with E-state index in [-0.39, 0.29) is 5.70 Å². The molecule has 0 atom stereocenters. The molecule has 0 unspecified atom stereocenters. The molecule has 7 heteroatoms. The Labute approximate surface area is 126 Å². The average molecular weight is 302 g/mol. The molecule has 1 aliphatic rings. The van der Waals surface area contributed by atoms with Crippen LogP contribution in [0, 0.1) is 0 Å². The van der Waals surface area contributed by atoms with Gasteiger partial charge in [0.25, 0.3) is 5.91 Å². The van der Waals surface area contributed by atoms with Gasteiger partial charge in [-0.1, -0.05) is 24.8 Å². The zero-order chi connectivity index (χ0) is 16.1. The Kier molecular flexibility index (Phi) is 4.57. The van der Waals surface area contributed by atoms with Crippen molar-refractivity contribution in [3.8, 4) is 5.75 Å². The number of ether oxygens (including phenoxy) is 1. The van der Waals surface area contributed by atoms with E-state index in [0.29, 0.717) is 22.8 Å². The SMILES string of the molecule is C=CCOc1ccc(C=C2NC(=O)N(CC(=O)O)C2=O)cc1. The van der Waals surface area contributed by atoms with E-state index in [0.717, 1.165) is 0 Å². The molecule has 1 aliphatic heterocycles. The second-order valence-corrected chi connectivity index (χ2v) is 4.44. The van der Waals surface area contributed by atoms with Crippen LogP contribution in [0.15, 0.2) is 42.6 Å². The van der Waals surface area contributed by atoms with Crippen LogP contribution in [0.25, 0.3) is 6.08 Å². The zero-order valence-corrected chi connectivity index (χ0v) is 11.6. The summed E-state index contributed by atoms with van der Waals surface area (Å²) in [4.78, 5) is 34.7. The van der Waals surface area contributed by atoms with Gasteiger partial charge in [0.1, 0.15) is 24.6 Å². The molecule has 114 valence electrons. The number of carboxylic acids is 1. The van der Waals surface area contributed by atoms with E-state index in [1.165, 1.54) is 6.08 Å². The van der Waals surface area contributed by atoms with Crippen molar-refractivity contribution >= 4 is 24.0 Å². The molecule has 3 amide bonds. The number of hydrogen-bond donors (Lipinski definition) is 2. The van der Waals surface area contributed by atoms with Gasteiger partial charge >= 0.3 is 12.0 Å². The number of nitrogens with one attached hydrogen (secondary N) is 1. The molecular weight excluding hydrogens is 288 g/mol. The highest BCUT2D eigenvalue weighted by Gasteiger charge is 2.34. The Morgan fingerprint density at radius 1 is 1.32 bits per heavy atom. The molecule has 2 N–H and O–H groups in total. The summed E-state index contributed by atoms with van der Waals surface area (Å²) in [5.41, 5.74) is 0.706. The normalized spacial score (nSPS) is 15.8. The third-order valence-electron chi connectivity index (χ3n) is 2.81. The van der Waals surface area contributed by atoms with Crippen LogP contribution in [0.3, 0.4) is 0 Å². The van der Waals surface area contributed by atoms with Crippen LogP contribution in [-0.4, -0.2) is 41.1 Å². The molecule has 1 aromatic carbocycles. The first-order valence-electron chi connectivity index (χ1n) is 6.41. The van der Waals surface area contributed by atoms with Crippen LogP contribution in [0.5, 0.6) is 5.75 Å². The molecule has 1 heterocycles. The van der Waals surface area contributed by atoms with Crippen molar-refractivity contribution in [2.45, 2.75) is 0 Å². The van der Waals surface area contributed by atoms with Crippen molar-refractivity contribution < 1.29 is 24.2 Å². The van der Waals surface area contributed by atoms with Gasteiger partial charge in [-0.05, 0) is 23.8 Å². The van der Waals surface area contributed by atoms with Crippen LogP contribution >= 0.6 is 0 Å². The van der Waals surface area contributed by atoms with Crippen LogP contribution in [0.1, 0.15) is 5.56 Å².